The lowest BCUT2D eigenvalue weighted by molar-refractivity contribution is 0.108. The van der Waals surface area contributed by atoms with Crippen LogP contribution in [-0.4, -0.2) is 56.4 Å². The van der Waals surface area contributed by atoms with Crippen molar-refractivity contribution in [3.05, 3.63) is 28.2 Å². The van der Waals surface area contributed by atoms with Crippen LogP contribution in [0.5, 0.6) is 0 Å². The van der Waals surface area contributed by atoms with Crippen LogP contribution in [0.1, 0.15) is 18.4 Å². The van der Waals surface area contributed by atoms with Gasteiger partial charge in [0.25, 0.3) is 0 Å². The van der Waals surface area contributed by atoms with Crippen LogP contribution in [-0.2, 0) is 4.74 Å². The number of rotatable bonds is 3. The van der Waals surface area contributed by atoms with Gasteiger partial charge in [0.2, 0.25) is 0 Å². The van der Waals surface area contributed by atoms with Gasteiger partial charge in [-0.15, -0.1) is 0 Å². The van der Waals surface area contributed by atoms with E-state index >= 15 is 0 Å². The van der Waals surface area contributed by atoms with Crippen molar-refractivity contribution in [1.29, 1.82) is 0 Å². The van der Waals surface area contributed by atoms with Crippen LogP contribution in [0.25, 0.3) is 0 Å². The predicted molar refractivity (Wildman–Crippen MR) is 95.0 cm³/mol. The average Bonchev–Trinajstić information content (AvgIpc) is 3.06. The van der Waals surface area contributed by atoms with E-state index < -0.39 is 0 Å². The number of hydrogen-bond acceptors (Lipinski definition) is 3. The molecule has 1 aromatic rings. The molecule has 5 nitrogen and oxygen atoms in total. The van der Waals surface area contributed by atoms with E-state index in [1.54, 1.807) is 0 Å². The van der Waals surface area contributed by atoms with Gasteiger partial charge in [-0.25, -0.2) is 4.79 Å². The van der Waals surface area contributed by atoms with Gasteiger partial charge >= 0.3 is 6.03 Å². The number of benzene rings is 1. The van der Waals surface area contributed by atoms with E-state index in [0.717, 1.165) is 50.1 Å². The third-order valence-corrected chi connectivity index (χ3v) is 5.06. The Morgan fingerprint density at radius 2 is 2.13 bits per heavy atom. The van der Waals surface area contributed by atoms with Gasteiger partial charge in [-0.1, -0.05) is 15.9 Å². The number of halogens is 1. The van der Waals surface area contributed by atoms with Gasteiger partial charge in [-0.05, 0) is 43.5 Å². The Balaban J connectivity index is 1.48. The fraction of sp³-hybridized carbons (Fsp3) is 0.588. The van der Waals surface area contributed by atoms with E-state index in [4.69, 9.17) is 4.74 Å². The van der Waals surface area contributed by atoms with Crippen LogP contribution < -0.4 is 10.2 Å². The third-order valence-electron chi connectivity index (χ3n) is 4.57. The molecular formula is C17H24BrN3O2. The molecule has 2 heterocycles. The first kappa shape index (κ1) is 16.6. The second kappa shape index (κ2) is 7.53. The molecule has 2 aliphatic heterocycles. The normalized spacial score (nSPS) is 21.6. The molecule has 1 atom stereocenters. The zero-order valence-corrected chi connectivity index (χ0v) is 15.1. The topological polar surface area (TPSA) is 44.8 Å². The smallest absolute Gasteiger partial charge is 0.317 e. The third kappa shape index (κ3) is 4.18. The van der Waals surface area contributed by atoms with Crippen LogP contribution in [0.15, 0.2) is 22.7 Å². The molecule has 1 aromatic carbocycles. The van der Waals surface area contributed by atoms with E-state index in [0.29, 0.717) is 6.54 Å². The maximum Gasteiger partial charge on any atom is 0.317 e. The first-order valence-electron chi connectivity index (χ1n) is 8.29. The number of urea groups is 1. The molecule has 2 amide bonds. The Bertz CT molecular complexity index is 553. The minimum atomic E-state index is 0.0349. The van der Waals surface area contributed by atoms with E-state index in [1.165, 1.54) is 11.3 Å². The van der Waals surface area contributed by atoms with Gasteiger partial charge < -0.3 is 19.9 Å². The van der Waals surface area contributed by atoms with Crippen molar-refractivity contribution < 1.29 is 9.53 Å². The Labute approximate surface area is 146 Å². The summed E-state index contributed by atoms with van der Waals surface area (Å²) >= 11 is 3.50. The number of piperazine rings is 1. The summed E-state index contributed by atoms with van der Waals surface area (Å²) in [5, 5.41) is 3.01. The molecule has 23 heavy (non-hydrogen) atoms. The van der Waals surface area contributed by atoms with Gasteiger partial charge in [-0.2, -0.15) is 0 Å². The molecule has 0 aromatic heterocycles. The Morgan fingerprint density at radius 1 is 1.35 bits per heavy atom. The molecule has 126 valence electrons. The highest BCUT2D eigenvalue weighted by Gasteiger charge is 2.23. The minimum Gasteiger partial charge on any atom is -0.376 e. The standard InChI is InChI=1S/C17H24BrN3O2/c1-13-11-14(18)4-5-16(13)20-6-8-21(9-7-20)17(22)19-12-15-3-2-10-23-15/h4-5,11,15H,2-3,6-10,12H2,1H3,(H,19,22). The Morgan fingerprint density at radius 3 is 2.78 bits per heavy atom. The number of nitrogens with zero attached hydrogens (tertiary/aromatic N) is 2. The lowest BCUT2D eigenvalue weighted by Gasteiger charge is -2.37. The summed E-state index contributed by atoms with van der Waals surface area (Å²) in [5.74, 6) is 0. The average molecular weight is 382 g/mol. The van der Waals surface area contributed by atoms with Gasteiger partial charge in [0.1, 0.15) is 0 Å². The second-order valence-electron chi connectivity index (χ2n) is 6.23. The second-order valence-corrected chi connectivity index (χ2v) is 7.14. The molecule has 2 fully saturated rings. The first-order valence-corrected chi connectivity index (χ1v) is 9.08. The number of hydrogen-bond donors (Lipinski definition) is 1. The number of nitrogens with one attached hydrogen (secondary N) is 1. The highest BCUT2D eigenvalue weighted by atomic mass is 79.9. The molecule has 3 rings (SSSR count). The lowest BCUT2D eigenvalue weighted by Crippen LogP contribution is -2.52. The molecule has 6 heteroatoms. The molecule has 0 radical (unpaired) electrons. The molecular weight excluding hydrogens is 358 g/mol. The van der Waals surface area contributed by atoms with Crippen LogP contribution in [0, 0.1) is 6.92 Å². The summed E-state index contributed by atoms with van der Waals surface area (Å²) in [5.41, 5.74) is 2.52. The van der Waals surface area contributed by atoms with E-state index in [2.05, 4.69) is 51.3 Å². The quantitative estimate of drug-likeness (QED) is 0.875. The van der Waals surface area contributed by atoms with Gasteiger partial charge in [0, 0.05) is 49.5 Å². The zero-order valence-electron chi connectivity index (χ0n) is 13.6. The van der Waals surface area contributed by atoms with E-state index in [1.807, 2.05) is 4.90 Å². The van der Waals surface area contributed by atoms with Crippen molar-refractivity contribution >= 4 is 27.6 Å². The number of ether oxygens (including phenoxy) is 1. The number of carbonyl (C=O) groups is 1. The van der Waals surface area contributed by atoms with Crippen molar-refractivity contribution in [2.75, 3.05) is 44.2 Å². The monoisotopic (exact) mass is 381 g/mol. The van der Waals surface area contributed by atoms with Crippen LogP contribution in [0.2, 0.25) is 0 Å². The molecule has 0 bridgehead atoms. The largest absolute Gasteiger partial charge is 0.376 e. The van der Waals surface area contributed by atoms with Crippen molar-refractivity contribution in [1.82, 2.24) is 10.2 Å². The highest BCUT2D eigenvalue weighted by Crippen LogP contribution is 2.24. The van der Waals surface area contributed by atoms with Gasteiger partial charge in [0.15, 0.2) is 0 Å². The fourth-order valence-electron chi connectivity index (χ4n) is 3.24. The SMILES string of the molecule is Cc1cc(Br)ccc1N1CCN(C(=O)NCC2CCCO2)CC1. The maximum absolute atomic E-state index is 12.2. The summed E-state index contributed by atoms with van der Waals surface area (Å²) in [4.78, 5) is 16.5. The summed E-state index contributed by atoms with van der Waals surface area (Å²) in [6, 6.07) is 6.39. The first-order chi connectivity index (χ1) is 11.1. The molecule has 0 saturated carbocycles. The Kier molecular flexibility index (Phi) is 5.43. The highest BCUT2D eigenvalue weighted by molar-refractivity contribution is 9.10. The zero-order chi connectivity index (χ0) is 16.2. The number of aryl methyl sites for hydroxylation is 1. The van der Waals surface area contributed by atoms with Crippen LogP contribution >= 0.6 is 15.9 Å². The molecule has 2 aliphatic rings. The number of amides is 2. The summed E-state index contributed by atoms with van der Waals surface area (Å²) in [6.45, 7) is 6.84. The van der Waals surface area contributed by atoms with Crippen LogP contribution in [0.3, 0.4) is 0 Å². The van der Waals surface area contributed by atoms with E-state index in [-0.39, 0.29) is 12.1 Å². The van der Waals surface area contributed by atoms with Crippen molar-refractivity contribution in [2.45, 2.75) is 25.9 Å². The number of carbonyl (C=O) groups excluding carboxylic acids is 1. The van der Waals surface area contributed by atoms with Crippen molar-refractivity contribution in [3.63, 3.8) is 0 Å². The van der Waals surface area contributed by atoms with E-state index in [9.17, 15) is 4.79 Å². The summed E-state index contributed by atoms with van der Waals surface area (Å²) in [6.07, 6.45) is 2.36. The molecule has 0 spiro atoms. The lowest BCUT2D eigenvalue weighted by atomic mass is 10.1. The van der Waals surface area contributed by atoms with Gasteiger partial charge in [-0.3, -0.25) is 0 Å². The maximum atomic E-state index is 12.2. The number of anilines is 1. The molecule has 1 N–H and O–H groups in total. The van der Waals surface area contributed by atoms with Crippen molar-refractivity contribution in [3.8, 4) is 0 Å². The van der Waals surface area contributed by atoms with Gasteiger partial charge in [0.05, 0.1) is 6.10 Å². The summed E-state index contributed by atoms with van der Waals surface area (Å²) in [7, 11) is 0. The van der Waals surface area contributed by atoms with Crippen molar-refractivity contribution in [2.24, 2.45) is 0 Å². The Hall–Kier alpha value is -1.27. The van der Waals surface area contributed by atoms with Crippen LogP contribution in [0.4, 0.5) is 10.5 Å². The molecule has 2 saturated heterocycles. The summed E-state index contributed by atoms with van der Waals surface area (Å²) < 4.78 is 6.65. The minimum absolute atomic E-state index is 0.0349. The predicted octanol–water partition coefficient (Wildman–Crippen LogP) is 2.77. The molecule has 1 unspecified atom stereocenters. The fourth-order valence-corrected chi connectivity index (χ4v) is 3.72. The molecule has 0 aliphatic carbocycles.